The molecule has 6 nitrogen and oxygen atoms in total. The third-order valence-corrected chi connectivity index (χ3v) is 4.24. The van der Waals surface area contributed by atoms with Crippen LogP contribution in [0.5, 0.6) is 0 Å². The van der Waals surface area contributed by atoms with Crippen LogP contribution in [0.3, 0.4) is 0 Å². The molecular weight excluding hydrogens is 300 g/mol. The van der Waals surface area contributed by atoms with E-state index in [0.717, 1.165) is 28.6 Å². The first-order valence-corrected chi connectivity index (χ1v) is 7.65. The number of hydrogen-bond donors (Lipinski definition) is 3. The van der Waals surface area contributed by atoms with Crippen molar-refractivity contribution in [3.05, 3.63) is 45.7 Å². The fraction of sp³-hybridized carbons (Fsp3) is 0.267. The lowest BCUT2D eigenvalue weighted by atomic mass is 10.1. The Morgan fingerprint density at radius 3 is 2.82 bits per heavy atom. The van der Waals surface area contributed by atoms with E-state index >= 15 is 0 Å². The molecule has 0 radical (unpaired) electrons. The van der Waals surface area contributed by atoms with E-state index in [0.29, 0.717) is 5.16 Å². The highest BCUT2D eigenvalue weighted by molar-refractivity contribution is 8.00. The number of amides is 1. The fourth-order valence-corrected chi connectivity index (χ4v) is 2.67. The van der Waals surface area contributed by atoms with Gasteiger partial charge >= 0.3 is 0 Å². The van der Waals surface area contributed by atoms with Crippen LogP contribution in [0.2, 0.25) is 0 Å². The lowest BCUT2D eigenvalue weighted by molar-refractivity contribution is -0.115. The minimum absolute atomic E-state index is 0.133. The number of nitrogen functional groups attached to an aromatic ring is 1. The van der Waals surface area contributed by atoms with E-state index in [2.05, 4.69) is 15.3 Å². The van der Waals surface area contributed by atoms with Crippen molar-refractivity contribution in [2.24, 2.45) is 0 Å². The second kappa shape index (κ2) is 6.65. The van der Waals surface area contributed by atoms with E-state index in [1.807, 2.05) is 32.0 Å². The van der Waals surface area contributed by atoms with Crippen molar-refractivity contribution in [1.82, 2.24) is 9.97 Å². The Labute approximate surface area is 132 Å². The largest absolute Gasteiger partial charge is 0.383 e. The first kappa shape index (κ1) is 16.1. The normalized spacial score (nSPS) is 12.0. The lowest BCUT2D eigenvalue weighted by Gasteiger charge is -2.14. The summed E-state index contributed by atoms with van der Waals surface area (Å²) < 4.78 is 0. The Bertz CT molecular complexity index is 757. The lowest BCUT2D eigenvalue weighted by Crippen LogP contribution is -2.23. The van der Waals surface area contributed by atoms with Gasteiger partial charge in [-0.25, -0.2) is 4.98 Å². The van der Waals surface area contributed by atoms with Gasteiger partial charge in [0.25, 0.3) is 5.56 Å². The molecule has 1 atom stereocenters. The molecule has 0 fully saturated rings. The van der Waals surface area contributed by atoms with Crippen LogP contribution < -0.4 is 16.6 Å². The minimum atomic E-state index is -0.426. The standard InChI is InChI=1S/C15H18N4O2S/c1-8-5-4-6-11(9(8)2)17-14(21)10(3)22-15-18-12(16)7-13(20)19-15/h4-7,10H,1-3H3,(H,17,21)(H3,16,18,19,20). The number of aromatic nitrogens is 2. The molecule has 0 bridgehead atoms. The Morgan fingerprint density at radius 2 is 2.14 bits per heavy atom. The summed E-state index contributed by atoms with van der Waals surface area (Å²) in [7, 11) is 0. The summed E-state index contributed by atoms with van der Waals surface area (Å²) in [6.07, 6.45) is 0. The van der Waals surface area contributed by atoms with Crippen LogP contribution in [-0.4, -0.2) is 21.1 Å². The number of aromatic amines is 1. The second-order valence-electron chi connectivity index (χ2n) is 4.97. The van der Waals surface area contributed by atoms with E-state index in [1.54, 1.807) is 6.92 Å². The molecule has 22 heavy (non-hydrogen) atoms. The molecule has 0 saturated heterocycles. The van der Waals surface area contributed by atoms with Crippen molar-refractivity contribution in [1.29, 1.82) is 0 Å². The van der Waals surface area contributed by atoms with Gasteiger partial charge in [-0.15, -0.1) is 0 Å². The second-order valence-corrected chi connectivity index (χ2v) is 6.30. The summed E-state index contributed by atoms with van der Waals surface area (Å²) in [6.45, 7) is 5.69. The Morgan fingerprint density at radius 1 is 1.41 bits per heavy atom. The van der Waals surface area contributed by atoms with Crippen LogP contribution in [0.15, 0.2) is 34.2 Å². The zero-order chi connectivity index (χ0) is 16.3. The number of H-pyrrole nitrogens is 1. The summed E-state index contributed by atoms with van der Waals surface area (Å²) in [5.74, 6) is -0.0304. The first-order chi connectivity index (χ1) is 10.4. The molecule has 116 valence electrons. The molecule has 0 aliphatic heterocycles. The molecule has 1 heterocycles. The van der Waals surface area contributed by atoms with Crippen molar-refractivity contribution in [2.45, 2.75) is 31.2 Å². The van der Waals surface area contributed by atoms with Crippen molar-refractivity contribution in [3.63, 3.8) is 0 Å². The molecule has 0 aliphatic rings. The van der Waals surface area contributed by atoms with Gasteiger partial charge in [-0.1, -0.05) is 23.9 Å². The molecule has 2 aromatic rings. The molecule has 1 amide bonds. The number of aryl methyl sites for hydroxylation is 1. The third-order valence-electron chi connectivity index (χ3n) is 3.26. The van der Waals surface area contributed by atoms with E-state index in [9.17, 15) is 9.59 Å². The number of nitrogens with one attached hydrogen (secondary N) is 2. The summed E-state index contributed by atoms with van der Waals surface area (Å²) in [6, 6.07) is 6.94. The van der Waals surface area contributed by atoms with Gasteiger partial charge < -0.3 is 16.0 Å². The van der Waals surface area contributed by atoms with E-state index in [1.165, 1.54) is 6.07 Å². The van der Waals surface area contributed by atoms with E-state index in [-0.39, 0.29) is 17.3 Å². The third kappa shape index (κ3) is 3.88. The Kier molecular flexibility index (Phi) is 4.87. The van der Waals surface area contributed by atoms with Crippen molar-refractivity contribution in [3.8, 4) is 0 Å². The van der Waals surface area contributed by atoms with Gasteiger partial charge in [0, 0.05) is 11.8 Å². The minimum Gasteiger partial charge on any atom is -0.383 e. The number of benzene rings is 1. The number of rotatable bonds is 4. The molecule has 2 rings (SSSR count). The van der Waals surface area contributed by atoms with Gasteiger partial charge in [0.1, 0.15) is 5.82 Å². The van der Waals surface area contributed by atoms with Crippen molar-refractivity contribution < 1.29 is 4.79 Å². The highest BCUT2D eigenvalue weighted by Gasteiger charge is 2.17. The van der Waals surface area contributed by atoms with Crippen molar-refractivity contribution >= 4 is 29.2 Å². The van der Waals surface area contributed by atoms with Crippen molar-refractivity contribution in [2.75, 3.05) is 11.1 Å². The fourth-order valence-electron chi connectivity index (χ4n) is 1.85. The summed E-state index contributed by atoms with van der Waals surface area (Å²) in [5.41, 5.74) is 8.12. The number of carbonyl (C=O) groups excluding carboxylic acids is 1. The maximum atomic E-state index is 12.3. The average molecular weight is 318 g/mol. The molecule has 1 unspecified atom stereocenters. The Balaban J connectivity index is 2.09. The van der Waals surface area contributed by atoms with Gasteiger partial charge in [0.15, 0.2) is 5.16 Å². The quantitative estimate of drug-likeness (QED) is 0.592. The molecule has 7 heteroatoms. The molecule has 0 aliphatic carbocycles. The first-order valence-electron chi connectivity index (χ1n) is 6.77. The number of thioether (sulfide) groups is 1. The van der Waals surface area contributed by atoms with Gasteiger partial charge in [-0.2, -0.15) is 0 Å². The topological polar surface area (TPSA) is 101 Å². The Hall–Kier alpha value is -2.28. The number of anilines is 2. The zero-order valence-electron chi connectivity index (χ0n) is 12.6. The van der Waals surface area contributed by atoms with Crippen LogP contribution in [0.4, 0.5) is 11.5 Å². The smallest absolute Gasteiger partial charge is 0.253 e. The van der Waals surface area contributed by atoms with Gasteiger partial charge in [0.05, 0.1) is 5.25 Å². The molecule has 4 N–H and O–H groups in total. The van der Waals surface area contributed by atoms with Gasteiger partial charge in [-0.3, -0.25) is 9.59 Å². The van der Waals surface area contributed by atoms with Crippen LogP contribution in [-0.2, 0) is 4.79 Å². The number of nitrogens with zero attached hydrogens (tertiary/aromatic N) is 1. The van der Waals surface area contributed by atoms with E-state index in [4.69, 9.17) is 5.73 Å². The van der Waals surface area contributed by atoms with Gasteiger partial charge in [0.2, 0.25) is 5.91 Å². The number of carbonyl (C=O) groups is 1. The number of hydrogen-bond acceptors (Lipinski definition) is 5. The average Bonchev–Trinajstić information content (AvgIpc) is 2.42. The maximum Gasteiger partial charge on any atom is 0.253 e. The van der Waals surface area contributed by atoms with Crippen LogP contribution in [0, 0.1) is 13.8 Å². The summed E-state index contributed by atoms with van der Waals surface area (Å²) >= 11 is 1.15. The van der Waals surface area contributed by atoms with Crippen LogP contribution >= 0.6 is 11.8 Å². The molecule has 0 saturated carbocycles. The molecular formula is C15H18N4O2S. The van der Waals surface area contributed by atoms with Crippen LogP contribution in [0.1, 0.15) is 18.1 Å². The maximum absolute atomic E-state index is 12.3. The predicted molar refractivity (Wildman–Crippen MR) is 89.1 cm³/mol. The SMILES string of the molecule is Cc1cccc(NC(=O)C(C)Sc2nc(N)cc(=O)[nH]2)c1C. The van der Waals surface area contributed by atoms with Gasteiger partial charge in [-0.05, 0) is 38.0 Å². The number of nitrogens with two attached hydrogens (primary N) is 1. The zero-order valence-corrected chi connectivity index (χ0v) is 13.5. The van der Waals surface area contributed by atoms with Crippen LogP contribution in [0.25, 0.3) is 0 Å². The highest BCUT2D eigenvalue weighted by Crippen LogP contribution is 2.22. The summed E-state index contributed by atoms with van der Waals surface area (Å²) in [5, 5.41) is 2.79. The summed E-state index contributed by atoms with van der Waals surface area (Å²) in [4.78, 5) is 30.2. The predicted octanol–water partition coefficient (Wildman–Crippen LogP) is 2.09. The monoisotopic (exact) mass is 318 g/mol. The molecule has 1 aromatic heterocycles. The molecule has 1 aromatic carbocycles. The van der Waals surface area contributed by atoms with E-state index < -0.39 is 5.25 Å². The highest BCUT2D eigenvalue weighted by atomic mass is 32.2. The molecule has 0 spiro atoms.